The third kappa shape index (κ3) is 2.50. The second-order valence-corrected chi connectivity index (χ2v) is 7.04. The van der Waals surface area contributed by atoms with Crippen LogP contribution in [0.25, 0.3) is 31.8 Å². The molecule has 0 aliphatic rings. The Morgan fingerprint density at radius 2 is 2.12 bits per heavy atom. The fourth-order valence-corrected chi connectivity index (χ4v) is 4.02. The van der Waals surface area contributed by atoms with Crippen molar-refractivity contribution < 1.29 is 14.3 Å². The highest BCUT2D eigenvalue weighted by atomic mass is 32.1. The maximum atomic E-state index is 13.1. The van der Waals surface area contributed by atoms with Gasteiger partial charge in [0.2, 0.25) is 5.43 Å². The van der Waals surface area contributed by atoms with Crippen LogP contribution in [0.3, 0.4) is 0 Å². The van der Waals surface area contributed by atoms with Gasteiger partial charge in [0.1, 0.15) is 17.0 Å². The number of fused-ring (bicyclic) bond motifs is 2. The molecule has 0 saturated heterocycles. The Bertz CT molecular complexity index is 1170. The van der Waals surface area contributed by atoms with Crippen molar-refractivity contribution in [2.75, 3.05) is 0 Å². The van der Waals surface area contributed by atoms with Gasteiger partial charge in [-0.1, -0.05) is 25.5 Å². The summed E-state index contributed by atoms with van der Waals surface area (Å²) in [7, 11) is 0. The number of thiazole rings is 1. The van der Waals surface area contributed by atoms with E-state index in [0.717, 1.165) is 16.6 Å². The summed E-state index contributed by atoms with van der Waals surface area (Å²) < 4.78 is 6.57. The zero-order chi connectivity index (χ0) is 18.3. The van der Waals surface area contributed by atoms with Crippen LogP contribution in [-0.4, -0.2) is 16.4 Å². The van der Waals surface area contributed by atoms with Crippen molar-refractivity contribution in [2.24, 2.45) is 0 Å². The molecule has 26 heavy (non-hydrogen) atoms. The van der Waals surface area contributed by atoms with Crippen LogP contribution in [0.15, 0.2) is 45.8 Å². The number of rotatable bonds is 4. The second-order valence-electron chi connectivity index (χ2n) is 6.01. The minimum atomic E-state index is -0.259. The first kappa shape index (κ1) is 16.5. The topological polar surface area (TPSA) is 80.4 Å². The van der Waals surface area contributed by atoms with E-state index < -0.39 is 0 Å². The van der Waals surface area contributed by atoms with Gasteiger partial charge in [0.15, 0.2) is 11.9 Å². The van der Waals surface area contributed by atoms with E-state index in [2.05, 4.69) is 4.98 Å². The molecule has 0 aliphatic carbocycles. The number of para-hydroxylation sites is 1. The number of aromatic nitrogens is 1. The summed E-state index contributed by atoms with van der Waals surface area (Å²) in [5.41, 5.74) is 1.59. The van der Waals surface area contributed by atoms with Crippen LogP contribution in [0.1, 0.15) is 29.3 Å². The molecule has 2 aromatic carbocycles. The van der Waals surface area contributed by atoms with Gasteiger partial charge in [-0.3, -0.25) is 9.59 Å². The summed E-state index contributed by atoms with van der Waals surface area (Å²) in [4.78, 5) is 29.0. The lowest BCUT2D eigenvalue weighted by molar-refractivity contribution is 0.112. The van der Waals surface area contributed by atoms with E-state index in [9.17, 15) is 14.7 Å². The summed E-state index contributed by atoms with van der Waals surface area (Å²) in [6.07, 6.45) is 3.18. The summed E-state index contributed by atoms with van der Waals surface area (Å²) >= 11 is 1.41. The lowest BCUT2D eigenvalue weighted by Crippen LogP contribution is -2.07. The van der Waals surface area contributed by atoms with E-state index in [1.807, 2.05) is 31.2 Å². The quantitative estimate of drug-likeness (QED) is 0.537. The Labute approximate surface area is 152 Å². The number of hydrogen-bond donors (Lipinski definition) is 1. The van der Waals surface area contributed by atoms with E-state index in [4.69, 9.17) is 4.42 Å². The molecular weight excluding hydrogens is 350 g/mol. The van der Waals surface area contributed by atoms with Crippen LogP contribution in [0.2, 0.25) is 0 Å². The number of aryl methyl sites for hydroxylation is 1. The van der Waals surface area contributed by atoms with Crippen molar-refractivity contribution in [2.45, 2.75) is 19.8 Å². The van der Waals surface area contributed by atoms with Gasteiger partial charge in [-0.15, -0.1) is 11.3 Å². The van der Waals surface area contributed by atoms with E-state index in [0.29, 0.717) is 28.8 Å². The number of carbonyl (C=O) groups is 1. The second kappa shape index (κ2) is 6.38. The minimum absolute atomic E-state index is 0.0129. The van der Waals surface area contributed by atoms with Gasteiger partial charge in [-0.05, 0) is 30.2 Å². The van der Waals surface area contributed by atoms with Crippen molar-refractivity contribution >= 4 is 38.8 Å². The van der Waals surface area contributed by atoms with Gasteiger partial charge in [0, 0.05) is 0 Å². The zero-order valence-corrected chi connectivity index (χ0v) is 14.8. The number of phenolic OH excluding ortho intramolecular Hbond substituents is 1. The highest BCUT2D eigenvalue weighted by molar-refractivity contribution is 7.21. The summed E-state index contributed by atoms with van der Waals surface area (Å²) in [6, 6.07) is 9.26. The van der Waals surface area contributed by atoms with Gasteiger partial charge in [0.25, 0.3) is 0 Å². The van der Waals surface area contributed by atoms with Gasteiger partial charge >= 0.3 is 0 Å². The Balaban J connectivity index is 2.01. The molecule has 0 aliphatic heterocycles. The van der Waals surface area contributed by atoms with E-state index in [1.54, 1.807) is 6.07 Å². The molecular formula is C20H15NO4S. The molecule has 0 spiro atoms. The lowest BCUT2D eigenvalue weighted by atomic mass is 10.0. The van der Waals surface area contributed by atoms with E-state index in [-0.39, 0.29) is 27.7 Å². The van der Waals surface area contributed by atoms with Crippen LogP contribution in [0.4, 0.5) is 0 Å². The predicted molar refractivity (Wildman–Crippen MR) is 102 cm³/mol. The monoisotopic (exact) mass is 365 g/mol. The number of hydrogen-bond acceptors (Lipinski definition) is 6. The molecule has 0 amide bonds. The van der Waals surface area contributed by atoms with E-state index >= 15 is 0 Å². The third-order valence-electron chi connectivity index (χ3n) is 4.31. The molecule has 0 unspecified atom stereocenters. The molecule has 5 nitrogen and oxygen atoms in total. The number of nitrogens with zero attached hydrogens (tertiary/aromatic N) is 1. The number of aromatic hydroxyl groups is 1. The first-order chi connectivity index (χ1) is 12.6. The van der Waals surface area contributed by atoms with Gasteiger partial charge in [0.05, 0.1) is 26.7 Å². The molecule has 130 valence electrons. The fraction of sp³-hybridized carbons (Fsp3) is 0.150. The van der Waals surface area contributed by atoms with Crippen molar-refractivity contribution in [3.05, 3.63) is 57.9 Å². The molecule has 0 fully saturated rings. The van der Waals surface area contributed by atoms with Gasteiger partial charge in [-0.25, -0.2) is 4.98 Å². The Morgan fingerprint density at radius 1 is 1.31 bits per heavy atom. The number of phenols is 1. The molecule has 4 aromatic rings. The maximum Gasteiger partial charge on any atom is 0.202 e. The van der Waals surface area contributed by atoms with Crippen LogP contribution < -0.4 is 5.43 Å². The van der Waals surface area contributed by atoms with Crippen LogP contribution in [0.5, 0.6) is 5.75 Å². The van der Waals surface area contributed by atoms with Crippen molar-refractivity contribution in [1.82, 2.24) is 4.98 Å². The van der Waals surface area contributed by atoms with Crippen LogP contribution in [0, 0.1) is 0 Å². The normalized spacial score (nSPS) is 11.3. The van der Waals surface area contributed by atoms with Crippen LogP contribution in [-0.2, 0) is 6.42 Å². The largest absolute Gasteiger partial charge is 0.507 e. The number of carbonyl (C=O) groups excluding carboxylic acids is 1. The Hall–Kier alpha value is -2.99. The van der Waals surface area contributed by atoms with E-state index in [1.165, 1.54) is 17.6 Å². The molecule has 0 radical (unpaired) electrons. The third-order valence-corrected chi connectivity index (χ3v) is 5.38. The molecule has 2 heterocycles. The van der Waals surface area contributed by atoms with Crippen LogP contribution >= 0.6 is 11.3 Å². The van der Waals surface area contributed by atoms with Gasteiger partial charge < -0.3 is 9.52 Å². The number of benzene rings is 2. The Morgan fingerprint density at radius 3 is 2.85 bits per heavy atom. The molecule has 1 N–H and O–H groups in total. The summed E-state index contributed by atoms with van der Waals surface area (Å²) in [6.45, 7) is 1.96. The predicted octanol–water partition coefficient (Wildman–Crippen LogP) is 4.54. The van der Waals surface area contributed by atoms with Crippen molar-refractivity contribution in [3.63, 3.8) is 0 Å². The molecule has 0 atom stereocenters. The van der Waals surface area contributed by atoms with Gasteiger partial charge in [-0.2, -0.15) is 0 Å². The highest BCUT2D eigenvalue weighted by Crippen LogP contribution is 2.33. The molecule has 6 heteroatoms. The maximum absolute atomic E-state index is 13.1. The molecule has 4 rings (SSSR count). The first-order valence-corrected chi connectivity index (χ1v) is 9.07. The average Bonchev–Trinajstić information content (AvgIpc) is 3.07. The standard InChI is InChI=1S/C20H15NO4S/c1-2-5-11-8-12-18(24)14(10-25-19(12)13(9-22)17(11)23)20-21-15-6-3-4-7-16(15)26-20/h3-4,6-10,23H,2,5H2,1H3. The Kier molecular flexibility index (Phi) is 4.05. The lowest BCUT2D eigenvalue weighted by Gasteiger charge is -2.09. The fourth-order valence-electron chi connectivity index (χ4n) is 3.05. The average molecular weight is 365 g/mol. The molecule has 0 saturated carbocycles. The van der Waals surface area contributed by atoms with Crippen molar-refractivity contribution in [3.8, 4) is 16.3 Å². The summed E-state index contributed by atoms with van der Waals surface area (Å²) in [5.74, 6) is -0.120. The molecule has 0 bridgehead atoms. The highest BCUT2D eigenvalue weighted by Gasteiger charge is 2.19. The smallest absolute Gasteiger partial charge is 0.202 e. The SMILES string of the molecule is CCCc1cc2c(=O)c(-c3nc4ccccc4s3)coc2c(C=O)c1O. The zero-order valence-electron chi connectivity index (χ0n) is 14.0. The molecule has 2 aromatic heterocycles. The minimum Gasteiger partial charge on any atom is -0.507 e. The first-order valence-electron chi connectivity index (χ1n) is 8.25. The summed E-state index contributed by atoms with van der Waals surface area (Å²) in [5, 5.41) is 11.1. The number of aldehydes is 1. The van der Waals surface area contributed by atoms with Crippen molar-refractivity contribution in [1.29, 1.82) is 0 Å².